The summed E-state index contributed by atoms with van der Waals surface area (Å²) in [5, 5.41) is 6.19. The average Bonchev–Trinajstić information content (AvgIpc) is 2.89. The third-order valence-corrected chi connectivity index (χ3v) is 2.77. The number of hydrogen-bond donors (Lipinski definition) is 3. The van der Waals surface area contributed by atoms with Gasteiger partial charge in [0.15, 0.2) is 0 Å². The Hall–Kier alpha value is -2.14. The Morgan fingerprint density at radius 3 is 2.95 bits per heavy atom. The highest BCUT2D eigenvalue weighted by Gasteiger charge is 2.02. The van der Waals surface area contributed by atoms with Gasteiger partial charge < -0.3 is 15.6 Å². The van der Waals surface area contributed by atoms with Crippen molar-refractivity contribution in [3.63, 3.8) is 0 Å². The van der Waals surface area contributed by atoms with Crippen molar-refractivity contribution in [1.82, 2.24) is 15.3 Å². The lowest BCUT2D eigenvalue weighted by molar-refractivity contribution is -0.114. The van der Waals surface area contributed by atoms with Crippen LogP contribution in [-0.2, 0) is 17.8 Å². The summed E-state index contributed by atoms with van der Waals surface area (Å²) >= 11 is 0. The topological polar surface area (TPSA) is 69.8 Å². The Morgan fingerprint density at radius 1 is 1.37 bits per heavy atom. The van der Waals surface area contributed by atoms with Gasteiger partial charge in [-0.1, -0.05) is 18.2 Å². The van der Waals surface area contributed by atoms with Gasteiger partial charge in [-0.15, -0.1) is 0 Å². The molecule has 1 amide bonds. The number of imidazole rings is 1. The van der Waals surface area contributed by atoms with E-state index >= 15 is 0 Å². The number of nitrogens with zero attached hydrogens (tertiary/aromatic N) is 1. The molecule has 0 bridgehead atoms. The van der Waals surface area contributed by atoms with E-state index < -0.39 is 0 Å². The summed E-state index contributed by atoms with van der Waals surface area (Å²) in [5.41, 5.74) is 3.06. The standard InChI is InChI=1S/C14H18N4O/c1-11(19)18-14-5-3-2-4-12(14)8-15-7-6-13-9-16-10-17-13/h2-5,9-10,15H,6-8H2,1H3,(H,16,17)(H,18,19). The van der Waals surface area contributed by atoms with Crippen molar-refractivity contribution >= 4 is 11.6 Å². The summed E-state index contributed by atoms with van der Waals surface area (Å²) in [5.74, 6) is -0.0510. The first-order valence-corrected chi connectivity index (χ1v) is 6.29. The molecule has 100 valence electrons. The summed E-state index contributed by atoms with van der Waals surface area (Å²) in [7, 11) is 0. The molecule has 0 aliphatic carbocycles. The van der Waals surface area contributed by atoms with Crippen molar-refractivity contribution in [1.29, 1.82) is 0 Å². The second kappa shape index (κ2) is 6.70. The first-order valence-electron chi connectivity index (χ1n) is 6.29. The van der Waals surface area contributed by atoms with Gasteiger partial charge in [0.2, 0.25) is 5.91 Å². The van der Waals surface area contributed by atoms with Crippen LogP contribution in [0.1, 0.15) is 18.2 Å². The Bertz CT molecular complexity index is 522. The Balaban J connectivity index is 1.83. The zero-order valence-electron chi connectivity index (χ0n) is 10.9. The molecule has 19 heavy (non-hydrogen) atoms. The lowest BCUT2D eigenvalue weighted by Crippen LogP contribution is -2.18. The van der Waals surface area contributed by atoms with Gasteiger partial charge in [-0.2, -0.15) is 0 Å². The molecule has 0 fully saturated rings. The highest BCUT2D eigenvalue weighted by molar-refractivity contribution is 5.89. The molecule has 5 heteroatoms. The number of nitrogens with one attached hydrogen (secondary N) is 3. The largest absolute Gasteiger partial charge is 0.348 e. The maximum absolute atomic E-state index is 11.1. The minimum absolute atomic E-state index is 0.0510. The zero-order chi connectivity index (χ0) is 13.5. The van der Waals surface area contributed by atoms with Crippen molar-refractivity contribution in [2.45, 2.75) is 19.9 Å². The number of H-pyrrole nitrogens is 1. The summed E-state index contributed by atoms with van der Waals surface area (Å²) in [6.07, 6.45) is 4.41. The van der Waals surface area contributed by atoms with Crippen molar-refractivity contribution in [3.8, 4) is 0 Å². The van der Waals surface area contributed by atoms with Crippen molar-refractivity contribution in [3.05, 3.63) is 48.0 Å². The van der Waals surface area contributed by atoms with Crippen LogP contribution in [0.4, 0.5) is 5.69 Å². The predicted molar refractivity (Wildman–Crippen MR) is 74.7 cm³/mol. The highest BCUT2D eigenvalue weighted by Crippen LogP contribution is 2.14. The first kappa shape index (κ1) is 13.3. The van der Waals surface area contributed by atoms with Crippen molar-refractivity contribution in [2.24, 2.45) is 0 Å². The molecule has 0 saturated carbocycles. The third-order valence-electron chi connectivity index (χ3n) is 2.77. The van der Waals surface area contributed by atoms with Crippen molar-refractivity contribution < 1.29 is 4.79 Å². The Morgan fingerprint density at radius 2 is 2.21 bits per heavy atom. The van der Waals surface area contributed by atoms with E-state index in [2.05, 4.69) is 20.6 Å². The quantitative estimate of drug-likeness (QED) is 0.691. The van der Waals surface area contributed by atoms with E-state index in [4.69, 9.17) is 0 Å². The number of amides is 1. The predicted octanol–water partition coefficient (Wildman–Crippen LogP) is 1.70. The molecule has 1 aromatic heterocycles. The molecule has 1 aromatic carbocycles. The second-order valence-corrected chi connectivity index (χ2v) is 4.34. The van der Waals surface area contributed by atoms with Gasteiger partial charge in [0.25, 0.3) is 0 Å². The summed E-state index contributed by atoms with van der Waals surface area (Å²) < 4.78 is 0. The van der Waals surface area contributed by atoms with Crippen LogP contribution in [0.3, 0.4) is 0 Å². The van der Waals surface area contributed by atoms with Gasteiger partial charge in [-0.25, -0.2) is 4.98 Å². The zero-order valence-corrected chi connectivity index (χ0v) is 10.9. The Labute approximate surface area is 112 Å². The van der Waals surface area contributed by atoms with Gasteiger partial charge in [0.05, 0.1) is 6.33 Å². The molecule has 5 nitrogen and oxygen atoms in total. The lowest BCUT2D eigenvalue weighted by atomic mass is 10.1. The fourth-order valence-electron chi connectivity index (χ4n) is 1.85. The van der Waals surface area contributed by atoms with Crippen LogP contribution in [0.15, 0.2) is 36.8 Å². The van der Waals surface area contributed by atoms with Gasteiger partial charge in [-0.05, 0) is 11.6 Å². The van der Waals surface area contributed by atoms with Gasteiger partial charge in [0.1, 0.15) is 0 Å². The SMILES string of the molecule is CC(=O)Nc1ccccc1CNCCc1cnc[nH]1. The highest BCUT2D eigenvalue weighted by atomic mass is 16.1. The van der Waals surface area contributed by atoms with E-state index in [1.54, 1.807) is 6.33 Å². The van der Waals surface area contributed by atoms with E-state index in [-0.39, 0.29) is 5.91 Å². The molecule has 2 rings (SSSR count). The van der Waals surface area contributed by atoms with Gasteiger partial charge >= 0.3 is 0 Å². The molecule has 2 aromatic rings. The molecule has 0 aliphatic heterocycles. The molecule has 1 heterocycles. The first-order chi connectivity index (χ1) is 9.25. The van der Waals surface area contributed by atoms with E-state index in [1.165, 1.54) is 6.92 Å². The van der Waals surface area contributed by atoms with Crippen LogP contribution < -0.4 is 10.6 Å². The molecule has 0 spiro atoms. The number of carbonyl (C=O) groups is 1. The Kier molecular flexibility index (Phi) is 4.69. The second-order valence-electron chi connectivity index (χ2n) is 4.34. The van der Waals surface area contributed by atoms with E-state index in [0.717, 1.165) is 36.5 Å². The van der Waals surface area contributed by atoms with E-state index in [9.17, 15) is 4.79 Å². The fraction of sp³-hybridized carbons (Fsp3) is 0.286. The molecule has 0 radical (unpaired) electrons. The monoisotopic (exact) mass is 258 g/mol. The molecule has 3 N–H and O–H groups in total. The van der Waals surface area contributed by atoms with Crippen LogP contribution in [0.25, 0.3) is 0 Å². The molecule has 0 atom stereocenters. The molecular formula is C14H18N4O. The van der Waals surface area contributed by atoms with Gasteiger partial charge in [-0.3, -0.25) is 4.79 Å². The maximum Gasteiger partial charge on any atom is 0.221 e. The van der Waals surface area contributed by atoms with E-state index in [1.807, 2.05) is 30.5 Å². The van der Waals surface area contributed by atoms with Crippen LogP contribution in [0.2, 0.25) is 0 Å². The summed E-state index contributed by atoms with van der Waals surface area (Å²) in [6.45, 7) is 3.10. The molecular weight excluding hydrogens is 240 g/mol. The van der Waals surface area contributed by atoms with Gasteiger partial charge in [0, 0.05) is 44.0 Å². The van der Waals surface area contributed by atoms with Crippen LogP contribution in [0.5, 0.6) is 0 Å². The van der Waals surface area contributed by atoms with Crippen LogP contribution >= 0.6 is 0 Å². The summed E-state index contributed by atoms with van der Waals surface area (Å²) in [4.78, 5) is 18.1. The van der Waals surface area contributed by atoms with E-state index in [0.29, 0.717) is 0 Å². The summed E-state index contributed by atoms with van der Waals surface area (Å²) in [6, 6.07) is 7.80. The smallest absolute Gasteiger partial charge is 0.221 e. The molecule has 0 unspecified atom stereocenters. The maximum atomic E-state index is 11.1. The van der Waals surface area contributed by atoms with Crippen LogP contribution in [0, 0.1) is 0 Å². The molecule has 0 aliphatic rings. The number of aromatic nitrogens is 2. The number of hydrogen-bond acceptors (Lipinski definition) is 3. The average molecular weight is 258 g/mol. The lowest BCUT2D eigenvalue weighted by Gasteiger charge is -2.10. The van der Waals surface area contributed by atoms with Crippen LogP contribution in [-0.4, -0.2) is 22.4 Å². The molecule has 0 saturated heterocycles. The number of carbonyl (C=O) groups excluding carboxylic acids is 1. The minimum Gasteiger partial charge on any atom is -0.348 e. The third kappa shape index (κ3) is 4.22. The number of para-hydroxylation sites is 1. The number of anilines is 1. The normalized spacial score (nSPS) is 10.4. The fourth-order valence-corrected chi connectivity index (χ4v) is 1.85. The number of rotatable bonds is 6. The number of aromatic amines is 1. The van der Waals surface area contributed by atoms with Crippen molar-refractivity contribution in [2.75, 3.05) is 11.9 Å². The minimum atomic E-state index is -0.0510. The number of benzene rings is 1.